The molecule has 11 heteroatoms. The highest BCUT2D eigenvalue weighted by Crippen LogP contribution is 2.44. The van der Waals surface area contributed by atoms with Gasteiger partial charge in [0.2, 0.25) is 5.13 Å². The van der Waals surface area contributed by atoms with Crippen LogP contribution < -0.4 is 9.64 Å². The van der Waals surface area contributed by atoms with E-state index < -0.39 is 17.7 Å². The molecule has 3 aromatic carbocycles. The van der Waals surface area contributed by atoms with Crippen molar-refractivity contribution in [1.82, 2.24) is 19.6 Å². The second kappa shape index (κ2) is 13.2. The lowest BCUT2D eigenvalue weighted by Crippen LogP contribution is -2.29. The molecule has 0 spiro atoms. The minimum Gasteiger partial charge on any atom is -0.505 e. The summed E-state index contributed by atoms with van der Waals surface area (Å²) in [4.78, 5) is 33.7. The first-order valence-corrected chi connectivity index (χ1v) is 17.6. The fraction of sp³-hybridized carbons (Fsp3) is 0.216. The van der Waals surface area contributed by atoms with Gasteiger partial charge in [-0.25, -0.2) is 4.98 Å². The van der Waals surface area contributed by atoms with Crippen molar-refractivity contribution in [3.05, 3.63) is 119 Å². The highest BCUT2D eigenvalue weighted by molar-refractivity contribution is 8.00. The van der Waals surface area contributed by atoms with Crippen LogP contribution in [0.1, 0.15) is 53.9 Å². The molecule has 1 amide bonds. The molecule has 1 aliphatic rings. The molecule has 1 aliphatic heterocycles. The molecule has 1 fully saturated rings. The Morgan fingerprint density at radius 1 is 0.979 bits per heavy atom. The SMILES string of the molecule is CCCCOc1ccc(C2/C(=C(\O)c3nc4c(C)cccn4c3C)C(=O)C(=O)N2c2nnc(SCc3cccc4ccccc34)s2)cc1. The average molecular weight is 676 g/mol. The number of aryl methyl sites for hydroxylation is 2. The number of pyridine rings is 1. The summed E-state index contributed by atoms with van der Waals surface area (Å²) >= 11 is 2.76. The summed E-state index contributed by atoms with van der Waals surface area (Å²) in [6, 6.07) is 24.6. The second-order valence-electron chi connectivity index (χ2n) is 11.6. The Hall–Kier alpha value is -5.00. The van der Waals surface area contributed by atoms with Gasteiger partial charge in [0.1, 0.15) is 17.1 Å². The van der Waals surface area contributed by atoms with Crippen molar-refractivity contribution >= 4 is 62.1 Å². The third-order valence-electron chi connectivity index (χ3n) is 8.55. The fourth-order valence-electron chi connectivity index (χ4n) is 6.02. The lowest BCUT2D eigenvalue weighted by molar-refractivity contribution is -0.132. The standard InChI is InChI=1S/C37H33N5O4S2/c1-4-5-20-46-27-17-15-25(16-18-27)31-29(32(43)30-23(3)41-19-9-10-22(2)34(41)38-30)33(44)35(45)42(31)36-39-40-37(48-36)47-21-26-13-8-12-24-11-6-7-14-28(24)26/h6-19,31,43H,4-5,20-21H2,1-3H3/b32-29+. The average Bonchev–Trinajstić information content (AvgIpc) is 3.78. The summed E-state index contributed by atoms with van der Waals surface area (Å²) in [6.07, 6.45) is 3.80. The Labute approximate surface area is 285 Å². The molecule has 0 aliphatic carbocycles. The Bertz CT molecular complexity index is 2200. The Morgan fingerprint density at radius 2 is 1.77 bits per heavy atom. The van der Waals surface area contributed by atoms with E-state index >= 15 is 0 Å². The highest BCUT2D eigenvalue weighted by Gasteiger charge is 2.49. The number of fused-ring (bicyclic) bond motifs is 2. The highest BCUT2D eigenvalue weighted by atomic mass is 32.2. The van der Waals surface area contributed by atoms with E-state index in [4.69, 9.17) is 9.72 Å². The monoisotopic (exact) mass is 675 g/mol. The predicted molar refractivity (Wildman–Crippen MR) is 190 cm³/mol. The van der Waals surface area contributed by atoms with E-state index in [-0.39, 0.29) is 22.2 Å². The number of carbonyl (C=O) groups is 2. The lowest BCUT2D eigenvalue weighted by Gasteiger charge is -2.22. The summed E-state index contributed by atoms with van der Waals surface area (Å²) in [7, 11) is 0. The molecule has 242 valence electrons. The molecule has 48 heavy (non-hydrogen) atoms. The predicted octanol–water partition coefficient (Wildman–Crippen LogP) is 8.05. The van der Waals surface area contributed by atoms with Crippen LogP contribution in [0, 0.1) is 13.8 Å². The van der Waals surface area contributed by atoms with Crippen LogP contribution in [-0.4, -0.2) is 43.0 Å². The molecule has 1 N–H and O–H groups in total. The van der Waals surface area contributed by atoms with E-state index in [0.717, 1.165) is 29.4 Å². The molecule has 7 rings (SSSR count). The normalized spacial score (nSPS) is 16.0. The van der Waals surface area contributed by atoms with Gasteiger partial charge in [0.25, 0.3) is 5.78 Å². The van der Waals surface area contributed by atoms with Crippen molar-refractivity contribution in [3.8, 4) is 5.75 Å². The van der Waals surface area contributed by atoms with Crippen LogP contribution in [-0.2, 0) is 15.3 Å². The second-order valence-corrected chi connectivity index (χ2v) is 13.8. The zero-order chi connectivity index (χ0) is 33.4. The molecule has 0 saturated carbocycles. The van der Waals surface area contributed by atoms with Gasteiger partial charge in [0.05, 0.1) is 23.9 Å². The van der Waals surface area contributed by atoms with Gasteiger partial charge in [-0.3, -0.25) is 14.5 Å². The van der Waals surface area contributed by atoms with E-state index in [1.165, 1.54) is 33.4 Å². The minimum absolute atomic E-state index is 0.0519. The van der Waals surface area contributed by atoms with Crippen LogP contribution in [0.3, 0.4) is 0 Å². The number of benzene rings is 3. The number of thioether (sulfide) groups is 1. The molecule has 1 unspecified atom stereocenters. The zero-order valence-corrected chi connectivity index (χ0v) is 28.3. The van der Waals surface area contributed by atoms with Gasteiger partial charge >= 0.3 is 5.91 Å². The molecule has 1 saturated heterocycles. The van der Waals surface area contributed by atoms with Crippen molar-refractivity contribution < 1.29 is 19.4 Å². The van der Waals surface area contributed by atoms with Gasteiger partial charge in [-0.1, -0.05) is 97.1 Å². The summed E-state index contributed by atoms with van der Waals surface area (Å²) in [5, 5.41) is 23.2. The van der Waals surface area contributed by atoms with Crippen LogP contribution in [0.15, 0.2) is 95.0 Å². The maximum Gasteiger partial charge on any atom is 0.301 e. The van der Waals surface area contributed by atoms with Gasteiger partial charge in [-0.15, -0.1) is 10.2 Å². The first-order chi connectivity index (χ1) is 23.4. The molecule has 0 radical (unpaired) electrons. The number of rotatable bonds is 10. The minimum atomic E-state index is -0.955. The van der Waals surface area contributed by atoms with Crippen molar-refractivity contribution in [3.63, 3.8) is 0 Å². The van der Waals surface area contributed by atoms with Crippen molar-refractivity contribution in [2.75, 3.05) is 11.5 Å². The maximum atomic E-state index is 13.8. The van der Waals surface area contributed by atoms with E-state index in [2.05, 4.69) is 41.4 Å². The van der Waals surface area contributed by atoms with Crippen molar-refractivity contribution in [2.45, 2.75) is 49.7 Å². The topological polar surface area (TPSA) is 110 Å². The number of amides is 1. The molecular weight excluding hydrogens is 643 g/mol. The van der Waals surface area contributed by atoms with Crippen LogP contribution in [0.2, 0.25) is 0 Å². The number of unbranched alkanes of at least 4 members (excludes halogenated alkanes) is 1. The van der Waals surface area contributed by atoms with Crippen molar-refractivity contribution in [2.24, 2.45) is 0 Å². The van der Waals surface area contributed by atoms with Crippen LogP contribution in [0.4, 0.5) is 5.13 Å². The number of aromatic nitrogens is 4. The number of Topliss-reactive ketones (excluding diaryl/α,β-unsaturated/α-hetero) is 1. The number of anilines is 1. The Balaban J connectivity index is 1.27. The molecule has 9 nitrogen and oxygen atoms in total. The molecule has 3 aromatic heterocycles. The summed E-state index contributed by atoms with van der Waals surface area (Å²) in [5.74, 6) is -0.596. The van der Waals surface area contributed by atoms with Gasteiger partial charge in [-0.2, -0.15) is 0 Å². The van der Waals surface area contributed by atoms with Crippen LogP contribution >= 0.6 is 23.1 Å². The lowest BCUT2D eigenvalue weighted by atomic mass is 9.96. The summed E-state index contributed by atoms with van der Waals surface area (Å²) in [5.41, 5.74) is 4.20. The smallest absolute Gasteiger partial charge is 0.301 e. The molecule has 6 aromatic rings. The zero-order valence-electron chi connectivity index (χ0n) is 26.7. The number of nitrogens with zero attached hydrogens (tertiary/aromatic N) is 5. The van der Waals surface area contributed by atoms with E-state index in [9.17, 15) is 14.7 Å². The Kier molecular flexibility index (Phi) is 8.72. The number of aliphatic hydroxyl groups excluding tert-OH is 1. The Morgan fingerprint density at radius 3 is 2.56 bits per heavy atom. The van der Waals surface area contributed by atoms with E-state index in [1.54, 1.807) is 0 Å². The maximum absolute atomic E-state index is 13.8. The van der Waals surface area contributed by atoms with E-state index in [0.29, 0.717) is 39.4 Å². The number of ketones is 1. The molecule has 1 atom stereocenters. The number of imidazole rings is 1. The number of aliphatic hydroxyl groups is 1. The fourth-order valence-corrected chi connectivity index (χ4v) is 7.89. The number of ether oxygens (including phenoxy) is 1. The largest absolute Gasteiger partial charge is 0.505 e. The number of carbonyl (C=O) groups excluding carboxylic acids is 2. The van der Waals surface area contributed by atoms with E-state index in [1.807, 2.05) is 79.0 Å². The van der Waals surface area contributed by atoms with Gasteiger partial charge in [0, 0.05) is 11.9 Å². The van der Waals surface area contributed by atoms with Crippen LogP contribution in [0.25, 0.3) is 22.2 Å². The third kappa shape index (κ3) is 5.73. The van der Waals surface area contributed by atoms with Crippen LogP contribution in [0.5, 0.6) is 5.75 Å². The molecular formula is C37H33N5O4S2. The van der Waals surface area contributed by atoms with Gasteiger partial charge in [-0.05, 0) is 65.9 Å². The quantitative estimate of drug-likeness (QED) is 0.0388. The summed E-state index contributed by atoms with van der Waals surface area (Å²) in [6.45, 7) is 6.44. The van der Waals surface area contributed by atoms with Crippen molar-refractivity contribution in [1.29, 1.82) is 0 Å². The summed E-state index contributed by atoms with van der Waals surface area (Å²) < 4.78 is 8.39. The first-order valence-electron chi connectivity index (χ1n) is 15.8. The first kappa shape index (κ1) is 31.6. The number of hydrogen-bond acceptors (Lipinski definition) is 9. The van der Waals surface area contributed by atoms with Gasteiger partial charge in [0.15, 0.2) is 10.1 Å². The molecule has 0 bridgehead atoms. The van der Waals surface area contributed by atoms with Gasteiger partial charge < -0.3 is 14.2 Å². The third-order valence-corrected chi connectivity index (χ3v) is 10.7. The molecule has 4 heterocycles. The number of hydrogen-bond donors (Lipinski definition) is 1.